The predicted molar refractivity (Wildman–Crippen MR) is 70.5 cm³/mol. The molecule has 1 aromatic heterocycles. The molecule has 0 fully saturated rings. The van der Waals surface area contributed by atoms with Crippen LogP contribution in [-0.2, 0) is 13.5 Å². The highest BCUT2D eigenvalue weighted by Gasteiger charge is 2.20. The lowest BCUT2D eigenvalue weighted by Crippen LogP contribution is -2.07. The summed E-state index contributed by atoms with van der Waals surface area (Å²) in [5, 5.41) is 10.3. The van der Waals surface area contributed by atoms with Crippen molar-refractivity contribution in [3.05, 3.63) is 29.0 Å². The number of fused-ring (bicyclic) bond motifs is 1. The van der Waals surface area contributed by atoms with E-state index in [2.05, 4.69) is 0 Å². The average Bonchev–Trinajstić information content (AvgIpc) is 2.61. The van der Waals surface area contributed by atoms with Gasteiger partial charge in [-0.3, -0.25) is 0 Å². The minimum atomic E-state index is -0.885. The van der Waals surface area contributed by atoms with Gasteiger partial charge in [0, 0.05) is 12.4 Å². The van der Waals surface area contributed by atoms with Crippen LogP contribution in [0.2, 0.25) is 0 Å². The Hall–Kier alpha value is -1.97. The monoisotopic (exact) mass is 247 g/mol. The molecular weight excluding hydrogens is 230 g/mol. The van der Waals surface area contributed by atoms with Crippen LogP contribution in [0, 0.1) is 6.92 Å². The van der Waals surface area contributed by atoms with Crippen molar-refractivity contribution < 1.29 is 14.6 Å². The third-order valence-electron chi connectivity index (χ3n) is 3.35. The van der Waals surface area contributed by atoms with Gasteiger partial charge in [0.2, 0.25) is 0 Å². The Balaban J connectivity index is 2.93. The van der Waals surface area contributed by atoms with E-state index in [0.29, 0.717) is 12.1 Å². The molecule has 0 atom stereocenters. The van der Waals surface area contributed by atoms with Crippen molar-refractivity contribution in [2.75, 3.05) is 7.11 Å². The van der Waals surface area contributed by atoms with Gasteiger partial charge in [-0.25, -0.2) is 4.79 Å². The smallest absolute Gasteiger partial charge is 0.352 e. The van der Waals surface area contributed by atoms with E-state index in [1.807, 2.05) is 26.0 Å². The largest absolute Gasteiger partial charge is 0.497 e. The number of nitrogens with zero attached hydrogens (tertiary/aromatic N) is 1. The second-order valence-corrected chi connectivity index (χ2v) is 4.39. The quantitative estimate of drug-likeness (QED) is 0.907. The molecule has 0 bridgehead atoms. The van der Waals surface area contributed by atoms with E-state index < -0.39 is 5.97 Å². The third-order valence-corrected chi connectivity index (χ3v) is 3.35. The van der Waals surface area contributed by atoms with Crippen molar-refractivity contribution >= 4 is 16.9 Å². The summed E-state index contributed by atoms with van der Waals surface area (Å²) in [6.07, 6.45) is 0.686. The molecule has 4 nitrogen and oxygen atoms in total. The molecule has 1 heterocycles. The van der Waals surface area contributed by atoms with Gasteiger partial charge >= 0.3 is 5.97 Å². The summed E-state index contributed by atoms with van der Waals surface area (Å²) < 4.78 is 7.01. The van der Waals surface area contributed by atoms with Crippen LogP contribution in [0.1, 0.15) is 28.5 Å². The molecule has 1 N–H and O–H groups in total. The number of methoxy groups -OCH3 is 1. The molecule has 2 rings (SSSR count). The Morgan fingerprint density at radius 3 is 2.61 bits per heavy atom. The number of hydrogen-bond donors (Lipinski definition) is 1. The predicted octanol–water partition coefficient (Wildman–Crippen LogP) is 2.76. The number of aromatic carboxylic acids is 1. The second kappa shape index (κ2) is 4.37. The van der Waals surface area contributed by atoms with Gasteiger partial charge < -0.3 is 14.4 Å². The van der Waals surface area contributed by atoms with E-state index in [1.165, 1.54) is 0 Å². The van der Waals surface area contributed by atoms with Crippen molar-refractivity contribution in [3.8, 4) is 5.75 Å². The Labute approximate surface area is 106 Å². The van der Waals surface area contributed by atoms with Crippen LogP contribution in [0.5, 0.6) is 5.75 Å². The lowest BCUT2D eigenvalue weighted by atomic mass is 10.1. The van der Waals surface area contributed by atoms with Crippen LogP contribution in [-0.4, -0.2) is 22.8 Å². The van der Waals surface area contributed by atoms with Crippen molar-refractivity contribution in [3.63, 3.8) is 0 Å². The highest BCUT2D eigenvalue weighted by Crippen LogP contribution is 2.32. The van der Waals surface area contributed by atoms with Gasteiger partial charge in [-0.1, -0.05) is 6.92 Å². The van der Waals surface area contributed by atoms with E-state index in [4.69, 9.17) is 4.74 Å². The first kappa shape index (κ1) is 12.5. The lowest BCUT2D eigenvalue weighted by Gasteiger charge is -2.05. The SMILES string of the molecule is CCc1c(C(=O)O)n(C)c2c(C)cc(OC)cc12. The Kier molecular flexibility index (Phi) is 3.03. The molecule has 0 aliphatic rings. The summed E-state index contributed by atoms with van der Waals surface area (Å²) in [4.78, 5) is 11.4. The number of ether oxygens (including phenoxy) is 1. The molecule has 4 heteroatoms. The fraction of sp³-hybridized carbons (Fsp3) is 0.357. The zero-order valence-corrected chi connectivity index (χ0v) is 11.1. The Morgan fingerprint density at radius 2 is 2.11 bits per heavy atom. The van der Waals surface area contributed by atoms with Crippen LogP contribution < -0.4 is 4.74 Å². The van der Waals surface area contributed by atoms with E-state index in [9.17, 15) is 9.90 Å². The van der Waals surface area contributed by atoms with Crippen molar-refractivity contribution in [2.45, 2.75) is 20.3 Å². The molecule has 0 spiro atoms. The van der Waals surface area contributed by atoms with Crippen LogP contribution in [0.3, 0.4) is 0 Å². The van der Waals surface area contributed by atoms with Crippen molar-refractivity contribution in [1.82, 2.24) is 4.57 Å². The number of carboxylic acid groups (broad SMARTS) is 1. The molecule has 2 aromatic rings. The zero-order chi connectivity index (χ0) is 13.4. The number of aromatic nitrogens is 1. The van der Waals surface area contributed by atoms with Gasteiger partial charge in [-0.05, 0) is 36.6 Å². The van der Waals surface area contributed by atoms with Gasteiger partial charge in [0.25, 0.3) is 0 Å². The molecule has 0 unspecified atom stereocenters. The maximum atomic E-state index is 11.4. The van der Waals surface area contributed by atoms with E-state index in [-0.39, 0.29) is 0 Å². The molecule has 0 aliphatic carbocycles. The number of benzene rings is 1. The number of carbonyl (C=O) groups is 1. The van der Waals surface area contributed by atoms with Gasteiger partial charge in [0.1, 0.15) is 11.4 Å². The van der Waals surface area contributed by atoms with Crippen LogP contribution >= 0.6 is 0 Å². The molecule has 0 amide bonds. The third kappa shape index (κ3) is 1.65. The normalized spacial score (nSPS) is 10.9. The maximum absolute atomic E-state index is 11.4. The summed E-state index contributed by atoms with van der Waals surface area (Å²) in [5.41, 5.74) is 3.21. The Bertz CT molecular complexity index is 626. The van der Waals surface area contributed by atoms with Gasteiger partial charge in [0.15, 0.2) is 0 Å². The second-order valence-electron chi connectivity index (χ2n) is 4.39. The van der Waals surface area contributed by atoms with E-state index >= 15 is 0 Å². The molecule has 0 saturated carbocycles. The topological polar surface area (TPSA) is 51.5 Å². The molecule has 0 radical (unpaired) electrons. The standard InChI is InChI=1S/C14H17NO3/c1-5-10-11-7-9(18-4)6-8(2)12(11)15(3)13(10)14(16)17/h6-7H,5H2,1-4H3,(H,16,17). The fourth-order valence-electron chi connectivity index (χ4n) is 2.61. The number of rotatable bonds is 3. The zero-order valence-electron chi connectivity index (χ0n) is 11.1. The molecule has 1 aromatic carbocycles. The van der Waals surface area contributed by atoms with Crippen LogP contribution in [0.4, 0.5) is 0 Å². The number of aryl methyl sites for hydroxylation is 3. The summed E-state index contributed by atoms with van der Waals surface area (Å²) in [6, 6.07) is 3.83. The highest BCUT2D eigenvalue weighted by molar-refractivity contribution is 5.99. The van der Waals surface area contributed by atoms with E-state index in [0.717, 1.165) is 27.8 Å². The van der Waals surface area contributed by atoms with Gasteiger partial charge in [-0.2, -0.15) is 0 Å². The van der Waals surface area contributed by atoms with E-state index in [1.54, 1.807) is 18.7 Å². The minimum Gasteiger partial charge on any atom is -0.497 e. The summed E-state index contributed by atoms with van der Waals surface area (Å²) in [6.45, 7) is 3.94. The summed E-state index contributed by atoms with van der Waals surface area (Å²) >= 11 is 0. The molecule has 96 valence electrons. The molecule has 0 saturated heterocycles. The van der Waals surface area contributed by atoms with Crippen molar-refractivity contribution in [1.29, 1.82) is 0 Å². The summed E-state index contributed by atoms with van der Waals surface area (Å²) in [7, 11) is 3.41. The van der Waals surface area contributed by atoms with Crippen LogP contribution in [0.25, 0.3) is 10.9 Å². The summed E-state index contributed by atoms with van der Waals surface area (Å²) in [5.74, 6) is -0.124. The van der Waals surface area contributed by atoms with Gasteiger partial charge in [-0.15, -0.1) is 0 Å². The molecule has 0 aliphatic heterocycles. The maximum Gasteiger partial charge on any atom is 0.352 e. The van der Waals surface area contributed by atoms with Gasteiger partial charge in [0.05, 0.1) is 12.6 Å². The first-order valence-corrected chi connectivity index (χ1v) is 5.90. The average molecular weight is 247 g/mol. The number of hydrogen-bond acceptors (Lipinski definition) is 2. The lowest BCUT2D eigenvalue weighted by molar-refractivity contribution is 0.0686. The fourth-order valence-corrected chi connectivity index (χ4v) is 2.61. The minimum absolute atomic E-state index is 0.365. The first-order chi connectivity index (χ1) is 8.51. The molecule has 18 heavy (non-hydrogen) atoms. The van der Waals surface area contributed by atoms with Crippen LogP contribution in [0.15, 0.2) is 12.1 Å². The number of carboxylic acids is 1. The first-order valence-electron chi connectivity index (χ1n) is 5.90. The van der Waals surface area contributed by atoms with Crippen molar-refractivity contribution in [2.24, 2.45) is 7.05 Å². The Morgan fingerprint density at radius 1 is 1.44 bits per heavy atom. The molecular formula is C14H17NO3. The highest BCUT2D eigenvalue weighted by atomic mass is 16.5.